The Balaban J connectivity index is 1.03. The molecule has 0 radical (unpaired) electrons. The molecule has 1 aliphatic heterocycles. The van der Waals surface area contributed by atoms with Crippen LogP contribution in [0.25, 0.3) is 67.3 Å². The third-order valence-corrected chi connectivity index (χ3v) is 11.4. The molecule has 0 N–H and O–H groups in total. The maximum Gasteiger partial charge on any atom is 0.160 e. The highest BCUT2D eigenvalue weighted by molar-refractivity contribution is 5.89. The van der Waals surface area contributed by atoms with Crippen LogP contribution in [-0.2, 0) is 5.41 Å². The summed E-state index contributed by atoms with van der Waals surface area (Å²) in [6, 6.07) is 73.1. The number of benzene rings is 8. The minimum absolute atomic E-state index is 0.506. The van der Waals surface area contributed by atoms with E-state index in [1.54, 1.807) is 0 Å². The lowest BCUT2D eigenvalue weighted by Gasteiger charge is -2.39. The summed E-state index contributed by atoms with van der Waals surface area (Å²) in [5.41, 5.74) is 16.3. The van der Waals surface area contributed by atoms with Crippen LogP contribution in [0.1, 0.15) is 22.3 Å². The third kappa shape index (κ3) is 5.05. The van der Waals surface area contributed by atoms with Gasteiger partial charge in [0.05, 0.1) is 16.8 Å². The summed E-state index contributed by atoms with van der Waals surface area (Å²) in [6.45, 7) is 0. The van der Waals surface area contributed by atoms with Gasteiger partial charge in [-0.3, -0.25) is 0 Å². The fraction of sp³-hybridized carbons (Fsp3) is 0.0189. The lowest BCUT2D eigenvalue weighted by molar-refractivity contribution is 0.436. The molecule has 1 aliphatic carbocycles. The van der Waals surface area contributed by atoms with E-state index in [0.29, 0.717) is 5.82 Å². The van der Waals surface area contributed by atoms with Crippen LogP contribution < -0.4 is 4.74 Å². The summed E-state index contributed by atoms with van der Waals surface area (Å²) in [4.78, 5) is 10.1. The van der Waals surface area contributed by atoms with Crippen LogP contribution >= 0.6 is 0 Å². The van der Waals surface area contributed by atoms with E-state index in [2.05, 4.69) is 170 Å². The number of rotatable bonds is 5. The number of fused-ring (bicyclic) bond motifs is 9. The molecule has 3 heteroatoms. The molecule has 2 aliphatic rings. The monoisotopic (exact) mass is 714 g/mol. The molecule has 0 fully saturated rings. The van der Waals surface area contributed by atoms with Crippen molar-refractivity contribution >= 4 is 0 Å². The molecule has 1 aromatic heterocycles. The van der Waals surface area contributed by atoms with Gasteiger partial charge in [-0.15, -0.1) is 0 Å². The van der Waals surface area contributed by atoms with E-state index >= 15 is 0 Å². The quantitative estimate of drug-likeness (QED) is 0.178. The number of para-hydroxylation sites is 1. The second-order valence-corrected chi connectivity index (χ2v) is 14.5. The number of nitrogens with zero attached hydrogens (tertiary/aromatic N) is 2. The third-order valence-electron chi connectivity index (χ3n) is 11.4. The largest absolute Gasteiger partial charge is 0.457 e. The van der Waals surface area contributed by atoms with Crippen molar-refractivity contribution in [1.82, 2.24) is 9.97 Å². The first-order valence-electron chi connectivity index (χ1n) is 19.1. The van der Waals surface area contributed by atoms with Crippen LogP contribution in [0.2, 0.25) is 0 Å². The first kappa shape index (κ1) is 32.1. The van der Waals surface area contributed by atoms with Crippen LogP contribution in [-0.4, -0.2) is 9.97 Å². The Kier molecular flexibility index (Phi) is 7.39. The second kappa shape index (κ2) is 12.9. The normalized spacial score (nSPS) is 12.9. The minimum Gasteiger partial charge on any atom is -0.457 e. The summed E-state index contributed by atoms with van der Waals surface area (Å²) in [7, 11) is 0. The number of hydrogen-bond acceptors (Lipinski definition) is 3. The van der Waals surface area contributed by atoms with Crippen LogP contribution in [0, 0.1) is 0 Å². The first-order valence-corrected chi connectivity index (χ1v) is 19.1. The van der Waals surface area contributed by atoms with Gasteiger partial charge in [0.15, 0.2) is 5.82 Å². The van der Waals surface area contributed by atoms with Gasteiger partial charge in [0.2, 0.25) is 0 Å². The molecular formula is C53H34N2O. The summed E-state index contributed by atoms with van der Waals surface area (Å²) in [6.07, 6.45) is 0. The summed E-state index contributed by atoms with van der Waals surface area (Å²) in [5.74, 6) is 2.49. The molecule has 56 heavy (non-hydrogen) atoms. The molecule has 11 rings (SSSR count). The average molecular weight is 715 g/mol. The lowest BCUT2D eigenvalue weighted by Crippen LogP contribution is -2.32. The van der Waals surface area contributed by atoms with E-state index < -0.39 is 5.41 Å². The second-order valence-electron chi connectivity index (χ2n) is 14.5. The van der Waals surface area contributed by atoms with Crippen LogP contribution in [0.3, 0.4) is 0 Å². The van der Waals surface area contributed by atoms with Crippen molar-refractivity contribution < 1.29 is 4.74 Å². The van der Waals surface area contributed by atoms with E-state index in [1.807, 2.05) is 36.4 Å². The molecule has 0 amide bonds. The van der Waals surface area contributed by atoms with Crippen LogP contribution in [0.5, 0.6) is 11.5 Å². The van der Waals surface area contributed by atoms with Gasteiger partial charge in [0.25, 0.3) is 0 Å². The highest BCUT2D eigenvalue weighted by Crippen LogP contribution is 2.62. The van der Waals surface area contributed by atoms with Gasteiger partial charge < -0.3 is 4.74 Å². The Morgan fingerprint density at radius 2 is 0.768 bits per heavy atom. The molecule has 0 unspecified atom stereocenters. The van der Waals surface area contributed by atoms with Crippen LogP contribution in [0.15, 0.2) is 206 Å². The zero-order valence-corrected chi connectivity index (χ0v) is 30.4. The molecule has 262 valence electrons. The number of hydrogen-bond donors (Lipinski definition) is 0. The molecule has 2 heterocycles. The van der Waals surface area contributed by atoms with Crippen molar-refractivity contribution in [3.8, 4) is 78.8 Å². The maximum absolute atomic E-state index is 6.70. The number of aromatic nitrogens is 2. The van der Waals surface area contributed by atoms with Crippen molar-refractivity contribution in [1.29, 1.82) is 0 Å². The smallest absolute Gasteiger partial charge is 0.160 e. The fourth-order valence-corrected chi connectivity index (χ4v) is 8.84. The summed E-state index contributed by atoms with van der Waals surface area (Å²) in [5, 5.41) is 0. The Bertz CT molecular complexity index is 2850. The van der Waals surface area contributed by atoms with Crippen molar-refractivity contribution in [2.24, 2.45) is 0 Å². The molecule has 9 aromatic rings. The summed E-state index contributed by atoms with van der Waals surface area (Å²) >= 11 is 0. The Hall–Kier alpha value is -7.36. The highest BCUT2D eigenvalue weighted by atomic mass is 16.5. The maximum atomic E-state index is 6.70. The van der Waals surface area contributed by atoms with Crippen LogP contribution in [0.4, 0.5) is 0 Å². The van der Waals surface area contributed by atoms with Gasteiger partial charge in [-0.1, -0.05) is 170 Å². The Morgan fingerprint density at radius 3 is 1.43 bits per heavy atom. The van der Waals surface area contributed by atoms with E-state index in [0.717, 1.165) is 67.4 Å². The predicted molar refractivity (Wildman–Crippen MR) is 227 cm³/mol. The lowest BCUT2D eigenvalue weighted by atomic mass is 9.66. The van der Waals surface area contributed by atoms with E-state index in [1.165, 1.54) is 27.8 Å². The zero-order chi connectivity index (χ0) is 37.1. The van der Waals surface area contributed by atoms with Gasteiger partial charge in [-0.25, -0.2) is 9.97 Å². The highest BCUT2D eigenvalue weighted by Gasteiger charge is 2.51. The van der Waals surface area contributed by atoms with Crippen molar-refractivity contribution in [2.45, 2.75) is 5.41 Å². The van der Waals surface area contributed by atoms with Gasteiger partial charge in [-0.2, -0.15) is 0 Å². The zero-order valence-electron chi connectivity index (χ0n) is 30.4. The number of ether oxygens (including phenoxy) is 1. The van der Waals surface area contributed by atoms with E-state index in [-0.39, 0.29) is 0 Å². The topological polar surface area (TPSA) is 35.0 Å². The molecule has 0 saturated carbocycles. The van der Waals surface area contributed by atoms with E-state index in [9.17, 15) is 0 Å². The Labute approximate surface area is 326 Å². The average Bonchev–Trinajstić information content (AvgIpc) is 3.57. The van der Waals surface area contributed by atoms with E-state index in [4.69, 9.17) is 14.7 Å². The molecular weight excluding hydrogens is 681 g/mol. The first-order chi connectivity index (χ1) is 27.7. The van der Waals surface area contributed by atoms with Gasteiger partial charge in [-0.05, 0) is 80.9 Å². The standard InChI is InChI=1S/C53H34N2O/c1-3-15-35(16-4-1)48-34-49(55-52(54-48)36-17-5-2-6-18-36)41-22-14-21-39(32-41)37-19-13-20-38(31-37)40-29-30-51-47(33-40)53(46-27-11-12-28-50(46)56-51)44-25-9-7-23-42(44)43-24-8-10-26-45(43)53/h1-34H. The predicted octanol–water partition coefficient (Wildman–Crippen LogP) is 13.3. The van der Waals surface area contributed by atoms with Crippen molar-refractivity contribution in [3.05, 3.63) is 229 Å². The molecule has 3 nitrogen and oxygen atoms in total. The molecule has 8 aromatic carbocycles. The molecule has 1 spiro atoms. The fourth-order valence-electron chi connectivity index (χ4n) is 8.84. The van der Waals surface area contributed by atoms with Gasteiger partial charge >= 0.3 is 0 Å². The van der Waals surface area contributed by atoms with Gasteiger partial charge in [0.1, 0.15) is 11.5 Å². The molecule has 0 saturated heterocycles. The summed E-state index contributed by atoms with van der Waals surface area (Å²) < 4.78 is 6.70. The Morgan fingerprint density at radius 1 is 0.304 bits per heavy atom. The minimum atomic E-state index is -0.506. The molecule has 0 atom stereocenters. The van der Waals surface area contributed by atoms with Crippen molar-refractivity contribution in [3.63, 3.8) is 0 Å². The molecule has 0 bridgehead atoms. The SMILES string of the molecule is c1ccc(-c2cc(-c3cccc(-c4cccc(-c5ccc6c(c5)C5(c7ccccc7O6)c6ccccc6-c6ccccc65)c4)c3)nc(-c3ccccc3)n2)cc1. The van der Waals surface area contributed by atoms with Gasteiger partial charge in [0, 0.05) is 27.8 Å². The van der Waals surface area contributed by atoms with Crippen molar-refractivity contribution in [2.75, 3.05) is 0 Å².